The Morgan fingerprint density at radius 2 is 2.17 bits per heavy atom. The molecule has 1 amide bonds. The summed E-state index contributed by atoms with van der Waals surface area (Å²) in [6, 6.07) is 4.04. The highest BCUT2D eigenvalue weighted by atomic mass is 19.1. The number of halogens is 1. The summed E-state index contributed by atoms with van der Waals surface area (Å²) in [6.07, 6.45) is 5.08. The fourth-order valence-corrected chi connectivity index (χ4v) is 3.32. The standard InChI is InChI=1S/C21H23FN4O4/c1-12(11-27)23-20(28)17-9-25-10-18(15-6-5-14(30-2)7-16(15)22)26(8-13-3-4-13)21(29)19(25)24-17/h5-7,9-10,12-13,27H,3-4,8,11H2,1-2H3,(H,23,28)/t12-/m0/s1. The van der Waals surface area contributed by atoms with Gasteiger partial charge in [-0.15, -0.1) is 0 Å². The Labute approximate surface area is 171 Å². The van der Waals surface area contributed by atoms with Crippen LogP contribution in [0.1, 0.15) is 30.3 Å². The number of carbonyl (C=O) groups excluding carboxylic acids is 1. The quantitative estimate of drug-likeness (QED) is 0.615. The molecule has 2 heterocycles. The predicted octanol–water partition coefficient (Wildman–Crippen LogP) is 1.83. The van der Waals surface area contributed by atoms with Crippen LogP contribution in [-0.2, 0) is 6.54 Å². The number of aliphatic hydroxyl groups is 1. The molecule has 8 nitrogen and oxygen atoms in total. The summed E-state index contributed by atoms with van der Waals surface area (Å²) in [5.74, 6) is -0.251. The molecule has 1 fully saturated rings. The molecule has 1 saturated carbocycles. The third kappa shape index (κ3) is 3.80. The van der Waals surface area contributed by atoms with E-state index in [0.29, 0.717) is 23.9 Å². The number of nitrogens with one attached hydrogen (secondary N) is 1. The molecule has 4 rings (SSSR count). The minimum absolute atomic E-state index is 0.0534. The minimum Gasteiger partial charge on any atom is -0.497 e. The average Bonchev–Trinajstić information content (AvgIpc) is 3.45. The second-order valence-corrected chi connectivity index (χ2v) is 7.63. The van der Waals surface area contributed by atoms with E-state index in [4.69, 9.17) is 9.84 Å². The Morgan fingerprint density at radius 1 is 1.40 bits per heavy atom. The van der Waals surface area contributed by atoms with E-state index in [1.807, 2.05) is 0 Å². The smallest absolute Gasteiger partial charge is 0.294 e. The van der Waals surface area contributed by atoms with Crippen LogP contribution in [0.5, 0.6) is 5.75 Å². The Bertz CT molecular complexity index is 1170. The van der Waals surface area contributed by atoms with E-state index in [1.165, 1.54) is 28.3 Å². The fraction of sp³-hybridized carbons (Fsp3) is 0.381. The zero-order chi connectivity index (χ0) is 21.4. The van der Waals surface area contributed by atoms with E-state index >= 15 is 0 Å². The van der Waals surface area contributed by atoms with Gasteiger partial charge in [-0.1, -0.05) is 0 Å². The van der Waals surface area contributed by atoms with Gasteiger partial charge >= 0.3 is 0 Å². The Balaban J connectivity index is 1.84. The molecular weight excluding hydrogens is 391 g/mol. The third-order valence-electron chi connectivity index (χ3n) is 5.19. The average molecular weight is 414 g/mol. The van der Waals surface area contributed by atoms with Crippen LogP contribution in [0.2, 0.25) is 0 Å². The molecule has 30 heavy (non-hydrogen) atoms. The number of rotatable bonds is 7. The second-order valence-electron chi connectivity index (χ2n) is 7.63. The van der Waals surface area contributed by atoms with Crippen molar-refractivity contribution in [3.05, 3.63) is 52.5 Å². The summed E-state index contributed by atoms with van der Waals surface area (Å²) in [6.45, 7) is 1.90. The van der Waals surface area contributed by atoms with Gasteiger partial charge in [-0.2, -0.15) is 0 Å². The highest BCUT2D eigenvalue weighted by Crippen LogP contribution is 2.33. The molecular formula is C21H23FN4O4. The number of imidazole rings is 1. The van der Waals surface area contributed by atoms with E-state index < -0.39 is 17.8 Å². The number of carbonyl (C=O) groups is 1. The van der Waals surface area contributed by atoms with Gasteiger partial charge in [0.2, 0.25) is 5.65 Å². The number of nitrogens with zero attached hydrogens (tertiary/aromatic N) is 3. The molecule has 1 atom stereocenters. The van der Waals surface area contributed by atoms with Crippen LogP contribution in [0.4, 0.5) is 4.39 Å². The summed E-state index contributed by atoms with van der Waals surface area (Å²) in [5.41, 5.74) is 0.438. The molecule has 3 aromatic rings. The lowest BCUT2D eigenvalue weighted by atomic mass is 10.1. The predicted molar refractivity (Wildman–Crippen MR) is 108 cm³/mol. The Hall–Kier alpha value is -3.20. The van der Waals surface area contributed by atoms with Gasteiger partial charge in [-0.05, 0) is 37.8 Å². The molecule has 1 aliphatic carbocycles. The van der Waals surface area contributed by atoms with Gasteiger partial charge in [0, 0.05) is 36.6 Å². The van der Waals surface area contributed by atoms with Gasteiger partial charge in [0.1, 0.15) is 17.3 Å². The first-order valence-electron chi connectivity index (χ1n) is 9.79. The van der Waals surface area contributed by atoms with E-state index in [1.54, 1.807) is 25.3 Å². The van der Waals surface area contributed by atoms with Crippen LogP contribution >= 0.6 is 0 Å². The van der Waals surface area contributed by atoms with Gasteiger partial charge in [-0.3, -0.25) is 14.0 Å². The summed E-state index contributed by atoms with van der Waals surface area (Å²) >= 11 is 0. The SMILES string of the molecule is COc1ccc(-c2cn3cc(C(=O)N[C@@H](C)CO)nc3c(=O)n2CC2CC2)c(F)c1. The van der Waals surface area contributed by atoms with Crippen molar-refractivity contribution >= 4 is 11.6 Å². The molecule has 0 spiro atoms. The Morgan fingerprint density at radius 3 is 2.80 bits per heavy atom. The van der Waals surface area contributed by atoms with Crippen molar-refractivity contribution in [1.82, 2.24) is 19.3 Å². The maximum absolute atomic E-state index is 14.8. The van der Waals surface area contributed by atoms with Crippen LogP contribution < -0.4 is 15.6 Å². The first-order valence-corrected chi connectivity index (χ1v) is 9.79. The van der Waals surface area contributed by atoms with Gasteiger partial charge in [0.25, 0.3) is 11.5 Å². The van der Waals surface area contributed by atoms with Crippen molar-refractivity contribution in [3.63, 3.8) is 0 Å². The summed E-state index contributed by atoms with van der Waals surface area (Å²) < 4.78 is 22.8. The van der Waals surface area contributed by atoms with E-state index in [0.717, 1.165) is 12.8 Å². The first-order chi connectivity index (χ1) is 14.4. The van der Waals surface area contributed by atoms with Gasteiger partial charge in [-0.25, -0.2) is 9.37 Å². The maximum Gasteiger partial charge on any atom is 0.294 e. The van der Waals surface area contributed by atoms with Crippen LogP contribution in [0.25, 0.3) is 16.9 Å². The molecule has 0 bridgehead atoms. The first kappa shape index (κ1) is 20.1. The lowest BCUT2D eigenvalue weighted by molar-refractivity contribution is 0.0918. The Kier molecular flexibility index (Phi) is 5.29. The molecule has 0 unspecified atom stereocenters. The van der Waals surface area contributed by atoms with E-state index in [9.17, 15) is 14.0 Å². The molecule has 2 aromatic heterocycles. The van der Waals surface area contributed by atoms with Crippen molar-refractivity contribution < 1.29 is 19.0 Å². The lowest BCUT2D eigenvalue weighted by Crippen LogP contribution is -2.35. The van der Waals surface area contributed by atoms with Crippen LogP contribution in [0, 0.1) is 11.7 Å². The second kappa shape index (κ2) is 7.91. The number of aromatic nitrogens is 3. The largest absolute Gasteiger partial charge is 0.497 e. The summed E-state index contributed by atoms with van der Waals surface area (Å²) in [7, 11) is 1.46. The van der Waals surface area contributed by atoms with Gasteiger partial charge < -0.3 is 19.7 Å². The number of hydrogen-bond donors (Lipinski definition) is 2. The number of benzene rings is 1. The highest BCUT2D eigenvalue weighted by molar-refractivity contribution is 5.93. The molecule has 2 N–H and O–H groups in total. The monoisotopic (exact) mass is 414 g/mol. The van der Waals surface area contributed by atoms with E-state index in [2.05, 4.69) is 10.3 Å². The summed E-state index contributed by atoms with van der Waals surface area (Å²) in [5, 5.41) is 11.7. The number of fused-ring (bicyclic) bond motifs is 1. The van der Waals surface area contributed by atoms with Crippen molar-refractivity contribution in [1.29, 1.82) is 0 Å². The van der Waals surface area contributed by atoms with Crippen molar-refractivity contribution in [3.8, 4) is 17.0 Å². The summed E-state index contributed by atoms with van der Waals surface area (Å²) in [4.78, 5) is 29.8. The molecule has 158 valence electrons. The third-order valence-corrected chi connectivity index (χ3v) is 5.19. The fourth-order valence-electron chi connectivity index (χ4n) is 3.32. The molecule has 0 aliphatic heterocycles. The lowest BCUT2D eigenvalue weighted by Gasteiger charge is -2.14. The highest BCUT2D eigenvalue weighted by Gasteiger charge is 2.26. The number of amides is 1. The van der Waals surface area contributed by atoms with Gasteiger partial charge in [0.05, 0.1) is 19.4 Å². The van der Waals surface area contributed by atoms with Crippen molar-refractivity contribution in [2.45, 2.75) is 32.4 Å². The normalized spacial score (nSPS) is 14.7. The van der Waals surface area contributed by atoms with E-state index in [-0.39, 0.29) is 29.1 Å². The number of ether oxygens (including phenoxy) is 1. The minimum atomic E-state index is -0.507. The van der Waals surface area contributed by atoms with Crippen molar-refractivity contribution in [2.75, 3.05) is 13.7 Å². The van der Waals surface area contributed by atoms with Crippen LogP contribution in [-0.4, -0.2) is 44.7 Å². The van der Waals surface area contributed by atoms with Crippen LogP contribution in [0.3, 0.4) is 0 Å². The topological polar surface area (TPSA) is 97.9 Å². The number of methoxy groups -OCH3 is 1. The molecule has 0 saturated heterocycles. The molecule has 1 aromatic carbocycles. The van der Waals surface area contributed by atoms with Crippen molar-refractivity contribution in [2.24, 2.45) is 5.92 Å². The van der Waals surface area contributed by atoms with Crippen LogP contribution in [0.15, 0.2) is 35.4 Å². The number of aliphatic hydroxyl groups excluding tert-OH is 1. The maximum atomic E-state index is 14.8. The molecule has 0 radical (unpaired) electrons. The zero-order valence-electron chi connectivity index (χ0n) is 16.8. The molecule has 1 aliphatic rings. The molecule has 9 heteroatoms. The van der Waals surface area contributed by atoms with Gasteiger partial charge in [0.15, 0.2) is 0 Å². The number of hydrogen-bond acceptors (Lipinski definition) is 5. The zero-order valence-corrected chi connectivity index (χ0v) is 16.8.